The van der Waals surface area contributed by atoms with Crippen LogP contribution in [0.3, 0.4) is 0 Å². The maximum atomic E-state index is 12.4. The molecule has 0 spiro atoms. The molecule has 0 fully saturated rings. The van der Waals surface area contributed by atoms with Crippen molar-refractivity contribution < 1.29 is 4.79 Å². The lowest BCUT2D eigenvalue weighted by Gasteiger charge is -2.12. The van der Waals surface area contributed by atoms with Gasteiger partial charge in [0.2, 0.25) is 5.91 Å². The average molecular weight is 486 g/mol. The Morgan fingerprint density at radius 2 is 1.69 bits per heavy atom. The van der Waals surface area contributed by atoms with Crippen molar-refractivity contribution in [3.05, 3.63) is 82.2 Å². The Balaban J connectivity index is 0.000000917. The molecule has 0 saturated heterocycles. The zero-order chi connectivity index (χ0) is 24.9. The lowest BCUT2D eigenvalue weighted by Crippen LogP contribution is -2.18. The van der Waals surface area contributed by atoms with Gasteiger partial charge in [0.05, 0.1) is 21.9 Å². The molecule has 0 saturated carbocycles. The molecule has 3 heterocycles. The number of aromatic amines is 1. The SMILES string of the molecule is CC(=O)Nc1cc2nc(-c3cc(Cl)c4ncccc4c3)c(-c3ccccc3)nc2[nH]c1=O.CCC. The molecule has 0 bridgehead atoms. The molecule has 5 aromatic rings. The molecular weight excluding hydrogens is 462 g/mol. The Bertz CT molecular complexity index is 1580. The van der Waals surface area contributed by atoms with Crippen molar-refractivity contribution in [1.29, 1.82) is 0 Å². The highest BCUT2D eigenvalue weighted by atomic mass is 35.5. The van der Waals surface area contributed by atoms with Gasteiger partial charge in [0, 0.05) is 29.6 Å². The second kappa shape index (κ2) is 10.4. The Labute approximate surface area is 207 Å². The Morgan fingerprint density at radius 3 is 2.40 bits per heavy atom. The van der Waals surface area contributed by atoms with Crippen LogP contribution in [0, 0.1) is 0 Å². The molecule has 0 aliphatic heterocycles. The first-order valence-corrected chi connectivity index (χ1v) is 11.6. The molecule has 176 valence electrons. The molecule has 0 atom stereocenters. The quantitative estimate of drug-likeness (QED) is 0.315. The van der Waals surface area contributed by atoms with Crippen molar-refractivity contribution >= 4 is 45.3 Å². The molecule has 1 amide bonds. The number of nitrogens with zero attached hydrogens (tertiary/aromatic N) is 3. The largest absolute Gasteiger partial charge is 0.322 e. The van der Waals surface area contributed by atoms with Gasteiger partial charge in [-0.3, -0.25) is 14.6 Å². The number of anilines is 1. The number of hydrogen-bond acceptors (Lipinski definition) is 5. The second-order valence-corrected chi connectivity index (χ2v) is 8.36. The summed E-state index contributed by atoms with van der Waals surface area (Å²) in [6.07, 6.45) is 2.94. The third-order valence-electron chi connectivity index (χ3n) is 4.97. The topological polar surface area (TPSA) is 101 Å². The van der Waals surface area contributed by atoms with Crippen LogP contribution in [-0.4, -0.2) is 25.8 Å². The maximum absolute atomic E-state index is 12.4. The van der Waals surface area contributed by atoms with E-state index in [9.17, 15) is 9.59 Å². The van der Waals surface area contributed by atoms with Crippen molar-refractivity contribution in [2.24, 2.45) is 0 Å². The molecule has 5 rings (SSSR count). The minimum Gasteiger partial charge on any atom is -0.322 e. The maximum Gasteiger partial charge on any atom is 0.273 e. The van der Waals surface area contributed by atoms with Crippen LogP contribution in [0.5, 0.6) is 0 Å². The van der Waals surface area contributed by atoms with Gasteiger partial charge in [0.15, 0.2) is 5.65 Å². The van der Waals surface area contributed by atoms with Crippen LogP contribution < -0.4 is 10.9 Å². The number of H-pyrrole nitrogens is 1. The highest BCUT2D eigenvalue weighted by Gasteiger charge is 2.17. The molecule has 35 heavy (non-hydrogen) atoms. The van der Waals surface area contributed by atoms with Crippen LogP contribution in [0.15, 0.2) is 71.7 Å². The van der Waals surface area contributed by atoms with Crippen LogP contribution in [-0.2, 0) is 4.79 Å². The number of rotatable bonds is 3. The van der Waals surface area contributed by atoms with Gasteiger partial charge in [-0.1, -0.05) is 68.3 Å². The standard InChI is InChI=1S/C24H16ClN5O2.C3H8/c1-13(31)27-19-12-18-23(30-24(19)32)29-21(14-6-3-2-4-7-14)22(28-18)16-10-15-8-5-9-26-20(15)17(25)11-16;1-3-2/h2-12H,1H3,(H,27,31)(H,29,30,32);3H2,1-2H3. The van der Waals surface area contributed by atoms with E-state index >= 15 is 0 Å². The van der Waals surface area contributed by atoms with Gasteiger partial charge in [-0.15, -0.1) is 0 Å². The fourth-order valence-electron chi connectivity index (χ4n) is 3.58. The van der Waals surface area contributed by atoms with Crippen LogP contribution in [0.1, 0.15) is 27.2 Å². The molecular formula is C27H24ClN5O2. The van der Waals surface area contributed by atoms with E-state index in [4.69, 9.17) is 21.6 Å². The Kier molecular flexibility index (Phi) is 7.17. The molecule has 2 aromatic carbocycles. The summed E-state index contributed by atoms with van der Waals surface area (Å²) < 4.78 is 0. The molecule has 0 unspecified atom stereocenters. The normalized spacial score (nSPS) is 10.6. The van der Waals surface area contributed by atoms with E-state index in [1.54, 1.807) is 12.3 Å². The number of pyridine rings is 2. The summed E-state index contributed by atoms with van der Waals surface area (Å²) in [5, 5.41) is 3.90. The molecule has 0 radical (unpaired) electrons. The number of halogens is 1. The summed E-state index contributed by atoms with van der Waals surface area (Å²) >= 11 is 6.53. The highest BCUT2D eigenvalue weighted by molar-refractivity contribution is 6.35. The number of carbonyl (C=O) groups is 1. The summed E-state index contributed by atoms with van der Waals surface area (Å²) in [5.41, 5.74) is 3.91. The minimum absolute atomic E-state index is 0.110. The Morgan fingerprint density at radius 1 is 0.971 bits per heavy atom. The van der Waals surface area contributed by atoms with E-state index < -0.39 is 5.56 Å². The second-order valence-electron chi connectivity index (χ2n) is 7.95. The summed E-state index contributed by atoms with van der Waals surface area (Å²) in [4.78, 5) is 40.5. The summed E-state index contributed by atoms with van der Waals surface area (Å²) in [7, 11) is 0. The smallest absolute Gasteiger partial charge is 0.273 e. The highest BCUT2D eigenvalue weighted by Crippen LogP contribution is 2.34. The van der Waals surface area contributed by atoms with E-state index in [0.29, 0.717) is 33.1 Å². The first kappa shape index (κ1) is 24.0. The molecule has 8 heteroatoms. The number of amides is 1. The van der Waals surface area contributed by atoms with Gasteiger partial charge in [-0.2, -0.15) is 0 Å². The Hall–Kier alpha value is -4.10. The van der Waals surface area contributed by atoms with E-state index in [1.807, 2.05) is 48.5 Å². The van der Waals surface area contributed by atoms with Gasteiger partial charge < -0.3 is 10.3 Å². The molecule has 0 aliphatic carbocycles. The zero-order valence-corrected chi connectivity index (χ0v) is 20.3. The number of hydrogen-bond donors (Lipinski definition) is 2. The fraction of sp³-hybridized carbons (Fsp3) is 0.148. The molecule has 2 N–H and O–H groups in total. The fourth-order valence-corrected chi connectivity index (χ4v) is 3.86. The third-order valence-corrected chi connectivity index (χ3v) is 5.26. The van der Waals surface area contributed by atoms with E-state index in [2.05, 4.69) is 29.1 Å². The number of aromatic nitrogens is 4. The molecule has 7 nitrogen and oxygen atoms in total. The van der Waals surface area contributed by atoms with E-state index in [-0.39, 0.29) is 11.6 Å². The monoisotopic (exact) mass is 485 g/mol. The van der Waals surface area contributed by atoms with Crippen molar-refractivity contribution in [3.8, 4) is 22.5 Å². The number of carbonyl (C=O) groups excluding carboxylic acids is 1. The summed E-state index contributed by atoms with van der Waals surface area (Å²) in [6.45, 7) is 5.59. The lowest BCUT2D eigenvalue weighted by atomic mass is 10.0. The van der Waals surface area contributed by atoms with Crippen LogP contribution in [0.4, 0.5) is 5.69 Å². The number of benzene rings is 2. The van der Waals surface area contributed by atoms with Gasteiger partial charge >= 0.3 is 0 Å². The van der Waals surface area contributed by atoms with Crippen LogP contribution in [0.25, 0.3) is 44.6 Å². The predicted molar refractivity (Wildman–Crippen MR) is 142 cm³/mol. The zero-order valence-electron chi connectivity index (χ0n) is 19.6. The van der Waals surface area contributed by atoms with Crippen molar-refractivity contribution in [1.82, 2.24) is 19.9 Å². The van der Waals surface area contributed by atoms with Gasteiger partial charge in [-0.25, -0.2) is 9.97 Å². The predicted octanol–water partition coefficient (Wildman–Crippen LogP) is 6.23. The summed E-state index contributed by atoms with van der Waals surface area (Å²) in [6, 6.07) is 18.6. The summed E-state index contributed by atoms with van der Waals surface area (Å²) in [5.74, 6) is -0.349. The van der Waals surface area contributed by atoms with Gasteiger partial charge in [-0.05, 0) is 24.3 Å². The van der Waals surface area contributed by atoms with Crippen molar-refractivity contribution in [2.45, 2.75) is 27.2 Å². The first-order chi connectivity index (χ1) is 16.9. The first-order valence-electron chi connectivity index (χ1n) is 11.2. The van der Waals surface area contributed by atoms with Gasteiger partial charge in [0.25, 0.3) is 5.56 Å². The van der Waals surface area contributed by atoms with E-state index in [1.165, 1.54) is 19.4 Å². The van der Waals surface area contributed by atoms with Crippen LogP contribution >= 0.6 is 11.6 Å². The lowest BCUT2D eigenvalue weighted by molar-refractivity contribution is -0.114. The number of nitrogens with one attached hydrogen (secondary N) is 2. The van der Waals surface area contributed by atoms with E-state index in [0.717, 1.165) is 16.5 Å². The number of fused-ring (bicyclic) bond motifs is 2. The average Bonchev–Trinajstić information content (AvgIpc) is 2.84. The van der Waals surface area contributed by atoms with Crippen molar-refractivity contribution in [2.75, 3.05) is 5.32 Å². The molecule has 0 aliphatic rings. The third kappa shape index (κ3) is 5.20. The molecule has 3 aromatic heterocycles. The minimum atomic E-state index is -0.450. The van der Waals surface area contributed by atoms with Gasteiger partial charge in [0.1, 0.15) is 11.2 Å². The van der Waals surface area contributed by atoms with Crippen LogP contribution in [0.2, 0.25) is 5.02 Å². The van der Waals surface area contributed by atoms with Crippen molar-refractivity contribution in [3.63, 3.8) is 0 Å².